The SMILES string of the molecule is O=C(Cc1cc(Br)ccc1Br)Oc1cccc(Br)c1. The van der Waals surface area contributed by atoms with Crippen molar-refractivity contribution in [2.45, 2.75) is 6.42 Å². The predicted molar refractivity (Wildman–Crippen MR) is 85.3 cm³/mol. The molecule has 0 aliphatic rings. The summed E-state index contributed by atoms with van der Waals surface area (Å²) < 4.78 is 7.99. The van der Waals surface area contributed by atoms with Crippen LogP contribution in [-0.2, 0) is 11.2 Å². The lowest BCUT2D eigenvalue weighted by Gasteiger charge is -2.06. The molecule has 0 bridgehead atoms. The maximum absolute atomic E-state index is 11.9. The Labute approximate surface area is 136 Å². The van der Waals surface area contributed by atoms with Gasteiger partial charge in [0.1, 0.15) is 5.75 Å². The second kappa shape index (κ2) is 6.68. The number of benzene rings is 2. The highest BCUT2D eigenvalue weighted by molar-refractivity contribution is 9.11. The molecule has 19 heavy (non-hydrogen) atoms. The van der Waals surface area contributed by atoms with Crippen molar-refractivity contribution >= 4 is 53.8 Å². The molecule has 0 unspecified atom stereocenters. The van der Waals surface area contributed by atoms with Gasteiger partial charge in [-0.3, -0.25) is 4.79 Å². The number of hydrogen-bond acceptors (Lipinski definition) is 2. The fourth-order valence-electron chi connectivity index (χ4n) is 1.53. The van der Waals surface area contributed by atoms with Crippen LogP contribution in [0.3, 0.4) is 0 Å². The lowest BCUT2D eigenvalue weighted by molar-refractivity contribution is -0.133. The van der Waals surface area contributed by atoms with E-state index in [0.717, 1.165) is 19.0 Å². The molecule has 0 aliphatic carbocycles. The van der Waals surface area contributed by atoms with E-state index in [4.69, 9.17) is 4.74 Å². The van der Waals surface area contributed by atoms with Gasteiger partial charge in [0.2, 0.25) is 0 Å². The Kier molecular flexibility index (Phi) is 5.19. The average Bonchev–Trinajstić information content (AvgIpc) is 2.34. The summed E-state index contributed by atoms with van der Waals surface area (Å²) in [6.45, 7) is 0. The van der Waals surface area contributed by atoms with Crippen LogP contribution < -0.4 is 4.74 Å². The number of ether oxygens (including phenoxy) is 1. The van der Waals surface area contributed by atoms with E-state index in [-0.39, 0.29) is 12.4 Å². The van der Waals surface area contributed by atoms with E-state index in [1.807, 2.05) is 30.3 Å². The predicted octanol–water partition coefficient (Wildman–Crippen LogP) is 5.12. The van der Waals surface area contributed by atoms with Crippen LogP contribution in [0.1, 0.15) is 5.56 Å². The maximum atomic E-state index is 11.9. The second-order valence-electron chi connectivity index (χ2n) is 3.84. The van der Waals surface area contributed by atoms with Crippen LogP contribution in [-0.4, -0.2) is 5.97 Å². The third kappa shape index (κ3) is 4.44. The number of rotatable bonds is 3. The fourth-order valence-corrected chi connectivity index (χ4v) is 2.71. The van der Waals surface area contributed by atoms with Crippen LogP contribution in [0.5, 0.6) is 5.75 Å². The molecule has 0 fully saturated rings. The van der Waals surface area contributed by atoms with Crippen LogP contribution in [0.25, 0.3) is 0 Å². The zero-order valence-electron chi connectivity index (χ0n) is 9.70. The van der Waals surface area contributed by atoms with E-state index >= 15 is 0 Å². The van der Waals surface area contributed by atoms with E-state index in [1.165, 1.54) is 0 Å². The molecular formula is C14H9Br3O2. The van der Waals surface area contributed by atoms with E-state index < -0.39 is 0 Å². The van der Waals surface area contributed by atoms with Crippen LogP contribution in [0.2, 0.25) is 0 Å². The summed E-state index contributed by atoms with van der Waals surface area (Å²) in [6.07, 6.45) is 0.215. The third-order valence-electron chi connectivity index (χ3n) is 2.37. The van der Waals surface area contributed by atoms with Gasteiger partial charge in [-0.15, -0.1) is 0 Å². The molecule has 2 aromatic rings. The highest BCUT2D eigenvalue weighted by Gasteiger charge is 2.10. The van der Waals surface area contributed by atoms with Crippen LogP contribution >= 0.6 is 47.8 Å². The molecule has 2 aromatic carbocycles. The van der Waals surface area contributed by atoms with Crippen molar-refractivity contribution in [2.75, 3.05) is 0 Å². The molecule has 0 aliphatic heterocycles. The number of carbonyl (C=O) groups excluding carboxylic acids is 1. The van der Waals surface area contributed by atoms with Gasteiger partial charge in [0.25, 0.3) is 0 Å². The molecule has 0 heterocycles. The first-order valence-electron chi connectivity index (χ1n) is 5.45. The number of esters is 1. The Morgan fingerprint density at radius 2 is 1.74 bits per heavy atom. The van der Waals surface area contributed by atoms with E-state index in [0.29, 0.717) is 5.75 Å². The summed E-state index contributed by atoms with van der Waals surface area (Å²) in [7, 11) is 0. The first-order valence-corrected chi connectivity index (χ1v) is 7.82. The van der Waals surface area contributed by atoms with Gasteiger partial charge in [0, 0.05) is 13.4 Å². The Balaban J connectivity index is 2.07. The fraction of sp³-hybridized carbons (Fsp3) is 0.0714. The topological polar surface area (TPSA) is 26.3 Å². The summed E-state index contributed by atoms with van der Waals surface area (Å²) in [5, 5.41) is 0. The van der Waals surface area contributed by atoms with Gasteiger partial charge < -0.3 is 4.74 Å². The van der Waals surface area contributed by atoms with Crippen molar-refractivity contribution in [3.63, 3.8) is 0 Å². The molecule has 0 radical (unpaired) electrons. The number of carbonyl (C=O) groups is 1. The van der Waals surface area contributed by atoms with E-state index in [2.05, 4.69) is 47.8 Å². The Hall–Kier alpha value is -0.650. The normalized spacial score (nSPS) is 10.3. The highest BCUT2D eigenvalue weighted by Crippen LogP contribution is 2.23. The number of hydrogen-bond donors (Lipinski definition) is 0. The van der Waals surface area contributed by atoms with Crippen LogP contribution in [0.4, 0.5) is 0 Å². The van der Waals surface area contributed by atoms with Gasteiger partial charge >= 0.3 is 5.97 Å². The van der Waals surface area contributed by atoms with Crippen molar-refractivity contribution in [2.24, 2.45) is 0 Å². The first kappa shape index (κ1) is 14.8. The van der Waals surface area contributed by atoms with Gasteiger partial charge in [-0.05, 0) is 42.0 Å². The molecule has 5 heteroatoms. The van der Waals surface area contributed by atoms with E-state index in [9.17, 15) is 4.79 Å². The molecular weight excluding hydrogens is 440 g/mol. The van der Waals surface area contributed by atoms with Gasteiger partial charge in [-0.1, -0.05) is 53.9 Å². The van der Waals surface area contributed by atoms with Gasteiger partial charge in [-0.25, -0.2) is 0 Å². The Bertz CT molecular complexity index is 611. The minimum absolute atomic E-state index is 0.215. The minimum Gasteiger partial charge on any atom is -0.426 e. The maximum Gasteiger partial charge on any atom is 0.315 e. The van der Waals surface area contributed by atoms with Crippen LogP contribution in [0, 0.1) is 0 Å². The Morgan fingerprint density at radius 1 is 1.00 bits per heavy atom. The lowest BCUT2D eigenvalue weighted by atomic mass is 10.1. The van der Waals surface area contributed by atoms with Gasteiger partial charge in [0.05, 0.1) is 6.42 Å². The van der Waals surface area contributed by atoms with Crippen molar-refractivity contribution in [1.82, 2.24) is 0 Å². The number of halogens is 3. The summed E-state index contributed by atoms with van der Waals surface area (Å²) in [5.74, 6) is 0.238. The molecule has 0 amide bonds. The van der Waals surface area contributed by atoms with Crippen molar-refractivity contribution in [3.8, 4) is 5.75 Å². The molecule has 0 saturated carbocycles. The highest BCUT2D eigenvalue weighted by atomic mass is 79.9. The first-order chi connectivity index (χ1) is 9.04. The zero-order valence-corrected chi connectivity index (χ0v) is 14.5. The van der Waals surface area contributed by atoms with E-state index in [1.54, 1.807) is 12.1 Å². The smallest absolute Gasteiger partial charge is 0.315 e. The summed E-state index contributed by atoms with van der Waals surface area (Å²) in [5.41, 5.74) is 0.884. The second-order valence-corrected chi connectivity index (χ2v) is 6.53. The molecule has 0 aromatic heterocycles. The molecule has 2 nitrogen and oxygen atoms in total. The summed E-state index contributed by atoms with van der Waals surface area (Å²) >= 11 is 10.1. The standard InChI is InChI=1S/C14H9Br3O2/c15-10-2-1-3-12(8-10)19-14(18)7-9-6-11(16)4-5-13(9)17/h1-6,8H,7H2. The van der Waals surface area contributed by atoms with Crippen molar-refractivity contribution in [1.29, 1.82) is 0 Å². The third-order valence-corrected chi connectivity index (χ3v) is 4.13. The van der Waals surface area contributed by atoms with Crippen LogP contribution in [0.15, 0.2) is 55.9 Å². The van der Waals surface area contributed by atoms with Gasteiger partial charge in [-0.2, -0.15) is 0 Å². The zero-order chi connectivity index (χ0) is 13.8. The summed E-state index contributed by atoms with van der Waals surface area (Å²) in [6, 6.07) is 12.9. The quantitative estimate of drug-likeness (QED) is 0.481. The molecule has 0 spiro atoms. The van der Waals surface area contributed by atoms with Gasteiger partial charge in [0.15, 0.2) is 0 Å². The monoisotopic (exact) mass is 446 g/mol. The van der Waals surface area contributed by atoms with Crippen molar-refractivity contribution < 1.29 is 9.53 Å². The van der Waals surface area contributed by atoms with Crippen molar-refractivity contribution in [3.05, 3.63) is 61.4 Å². The Morgan fingerprint density at radius 3 is 2.47 bits per heavy atom. The minimum atomic E-state index is -0.295. The summed E-state index contributed by atoms with van der Waals surface area (Å²) in [4.78, 5) is 11.9. The average molecular weight is 449 g/mol. The largest absolute Gasteiger partial charge is 0.426 e. The molecule has 0 N–H and O–H groups in total. The molecule has 98 valence electrons. The molecule has 0 saturated heterocycles. The lowest BCUT2D eigenvalue weighted by Crippen LogP contribution is -2.11. The molecule has 0 atom stereocenters. The molecule has 2 rings (SSSR count).